The number of carboxylic acids is 1. The average molecular weight is 266 g/mol. The van der Waals surface area contributed by atoms with Crippen LogP contribution < -0.4 is 4.72 Å². The zero-order valence-corrected chi connectivity index (χ0v) is 10.7. The van der Waals surface area contributed by atoms with E-state index in [4.69, 9.17) is 5.11 Å². The fraction of sp³-hybridized carbons (Fsp3) is 0.889. The molecule has 0 bridgehead atoms. The van der Waals surface area contributed by atoms with Gasteiger partial charge in [-0.25, -0.2) is 0 Å². The smallest absolute Gasteiger partial charge is 0.307 e. The van der Waals surface area contributed by atoms with Gasteiger partial charge in [-0.3, -0.25) is 4.79 Å². The summed E-state index contributed by atoms with van der Waals surface area (Å²) in [6.07, 6.45) is 0.318. The maximum absolute atomic E-state index is 11.8. The molecule has 1 aliphatic heterocycles. The molecule has 3 N–H and O–H groups in total. The van der Waals surface area contributed by atoms with Crippen LogP contribution in [0.3, 0.4) is 0 Å². The average Bonchev–Trinajstić information content (AvgIpc) is 2.63. The van der Waals surface area contributed by atoms with Crippen molar-refractivity contribution in [3.63, 3.8) is 0 Å². The highest BCUT2D eigenvalue weighted by Crippen LogP contribution is 2.18. The summed E-state index contributed by atoms with van der Waals surface area (Å²) in [7, 11) is -3.70. The topological polar surface area (TPSA) is 107 Å². The zero-order valence-electron chi connectivity index (χ0n) is 9.88. The standard InChI is InChI=1S/C9H18N2O5S/c1-9(2,14)6-10-17(15,16)11-4-3-7(5-11)8(12)13/h7,10,14H,3-6H2,1-2H3,(H,12,13). The molecule has 0 amide bonds. The van der Waals surface area contributed by atoms with Crippen LogP contribution in [0, 0.1) is 5.92 Å². The Morgan fingerprint density at radius 2 is 2.12 bits per heavy atom. The molecule has 1 unspecified atom stereocenters. The van der Waals surface area contributed by atoms with Gasteiger partial charge in [-0.15, -0.1) is 0 Å². The number of rotatable bonds is 5. The first-order chi connectivity index (χ1) is 7.62. The van der Waals surface area contributed by atoms with Crippen molar-refractivity contribution in [2.75, 3.05) is 19.6 Å². The van der Waals surface area contributed by atoms with E-state index in [9.17, 15) is 18.3 Å². The molecule has 1 fully saturated rings. The van der Waals surface area contributed by atoms with Crippen LogP contribution >= 0.6 is 0 Å². The normalized spacial score (nSPS) is 22.9. The van der Waals surface area contributed by atoms with E-state index in [1.165, 1.54) is 13.8 Å². The largest absolute Gasteiger partial charge is 0.481 e. The van der Waals surface area contributed by atoms with E-state index in [0.29, 0.717) is 6.42 Å². The molecule has 0 aromatic rings. The second kappa shape index (κ2) is 4.89. The Morgan fingerprint density at radius 1 is 1.53 bits per heavy atom. The zero-order chi connectivity index (χ0) is 13.3. The number of hydrogen-bond acceptors (Lipinski definition) is 4. The van der Waals surface area contributed by atoms with E-state index in [1.54, 1.807) is 0 Å². The SMILES string of the molecule is CC(C)(O)CNS(=O)(=O)N1CCC(C(=O)O)C1. The number of aliphatic carboxylic acids is 1. The maximum atomic E-state index is 11.8. The third-order valence-electron chi connectivity index (χ3n) is 2.53. The number of nitrogens with one attached hydrogen (secondary N) is 1. The summed E-state index contributed by atoms with van der Waals surface area (Å²) in [6.45, 7) is 3.04. The summed E-state index contributed by atoms with van der Waals surface area (Å²) in [4.78, 5) is 10.7. The van der Waals surface area contributed by atoms with Crippen molar-refractivity contribution < 1.29 is 23.4 Å². The predicted molar refractivity (Wildman–Crippen MR) is 60.5 cm³/mol. The Labute approximate surface area is 101 Å². The first kappa shape index (κ1) is 14.4. The molecule has 7 nitrogen and oxygen atoms in total. The lowest BCUT2D eigenvalue weighted by Gasteiger charge is -2.21. The summed E-state index contributed by atoms with van der Waals surface area (Å²) in [5.41, 5.74) is -1.14. The van der Waals surface area contributed by atoms with Crippen LogP contribution in [0.15, 0.2) is 0 Å². The van der Waals surface area contributed by atoms with Crippen LogP contribution in [-0.4, -0.2) is 54.1 Å². The third kappa shape index (κ3) is 4.23. The molecule has 0 aromatic carbocycles. The molecular weight excluding hydrogens is 248 g/mol. The molecule has 1 heterocycles. The number of carbonyl (C=O) groups is 1. The number of carboxylic acid groups (broad SMARTS) is 1. The second-order valence-electron chi connectivity index (χ2n) is 4.82. The molecule has 0 aliphatic carbocycles. The molecule has 0 saturated carbocycles. The van der Waals surface area contributed by atoms with Crippen LogP contribution in [0.1, 0.15) is 20.3 Å². The van der Waals surface area contributed by atoms with Crippen LogP contribution in [0.25, 0.3) is 0 Å². The molecule has 17 heavy (non-hydrogen) atoms. The molecule has 1 atom stereocenters. The van der Waals surface area contributed by atoms with Gasteiger partial charge in [-0.1, -0.05) is 0 Å². The van der Waals surface area contributed by atoms with E-state index in [-0.39, 0.29) is 19.6 Å². The minimum Gasteiger partial charge on any atom is -0.481 e. The minimum absolute atomic E-state index is 0.0173. The Bertz CT molecular complexity index is 387. The monoisotopic (exact) mass is 266 g/mol. The van der Waals surface area contributed by atoms with E-state index in [0.717, 1.165) is 4.31 Å². The first-order valence-corrected chi connectivity index (χ1v) is 6.76. The lowest BCUT2D eigenvalue weighted by Crippen LogP contribution is -2.45. The van der Waals surface area contributed by atoms with Gasteiger partial charge in [0, 0.05) is 19.6 Å². The van der Waals surface area contributed by atoms with Crippen LogP contribution in [0.4, 0.5) is 0 Å². The summed E-state index contributed by atoms with van der Waals surface area (Å²) in [5.74, 6) is -1.63. The Morgan fingerprint density at radius 3 is 2.53 bits per heavy atom. The molecule has 0 aromatic heterocycles. The van der Waals surface area contributed by atoms with Crippen molar-refractivity contribution in [3.8, 4) is 0 Å². The van der Waals surface area contributed by atoms with Gasteiger partial charge < -0.3 is 10.2 Å². The Kier molecular flexibility index (Phi) is 4.13. The van der Waals surface area contributed by atoms with Crippen molar-refractivity contribution in [1.29, 1.82) is 0 Å². The second-order valence-corrected chi connectivity index (χ2v) is 6.58. The van der Waals surface area contributed by atoms with Gasteiger partial charge in [0.05, 0.1) is 11.5 Å². The van der Waals surface area contributed by atoms with Crippen LogP contribution in [0.5, 0.6) is 0 Å². The third-order valence-corrected chi connectivity index (χ3v) is 4.05. The molecular formula is C9H18N2O5S. The maximum Gasteiger partial charge on any atom is 0.307 e. The highest BCUT2D eigenvalue weighted by molar-refractivity contribution is 7.87. The van der Waals surface area contributed by atoms with Gasteiger partial charge in [-0.05, 0) is 20.3 Å². The molecule has 0 spiro atoms. The number of hydrogen-bond donors (Lipinski definition) is 3. The van der Waals surface area contributed by atoms with E-state index < -0.39 is 27.7 Å². The van der Waals surface area contributed by atoms with Crippen LogP contribution in [-0.2, 0) is 15.0 Å². The quantitative estimate of drug-likeness (QED) is 0.591. The van der Waals surface area contributed by atoms with Crippen molar-refractivity contribution >= 4 is 16.2 Å². The molecule has 1 rings (SSSR count). The molecule has 100 valence electrons. The van der Waals surface area contributed by atoms with Crippen molar-refractivity contribution in [2.45, 2.75) is 25.9 Å². The lowest BCUT2D eigenvalue weighted by molar-refractivity contribution is -0.141. The van der Waals surface area contributed by atoms with Gasteiger partial charge in [0.2, 0.25) is 0 Å². The summed E-state index contributed by atoms with van der Waals surface area (Å²) in [6, 6.07) is 0. The van der Waals surface area contributed by atoms with Crippen molar-refractivity contribution in [2.24, 2.45) is 5.92 Å². The minimum atomic E-state index is -3.70. The Hall–Kier alpha value is -0.700. The fourth-order valence-electron chi connectivity index (χ4n) is 1.51. The highest BCUT2D eigenvalue weighted by atomic mass is 32.2. The van der Waals surface area contributed by atoms with E-state index in [2.05, 4.69) is 4.72 Å². The van der Waals surface area contributed by atoms with E-state index >= 15 is 0 Å². The van der Waals surface area contributed by atoms with Crippen LogP contribution in [0.2, 0.25) is 0 Å². The van der Waals surface area contributed by atoms with Gasteiger partial charge in [-0.2, -0.15) is 17.4 Å². The summed E-state index contributed by atoms with van der Waals surface area (Å²) < 4.78 is 26.9. The summed E-state index contributed by atoms with van der Waals surface area (Å²) in [5, 5.41) is 18.2. The Balaban J connectivity index is 2.58. The van der Waals surface area contributed by atoms with Gasteiger partial charge in [0.15, 0.2) is 0 Å². The molecule has 1 saturated heterocycles. The number of aliphatic hydroxyl groups is 1. The van der Waals surface area contributed by atoms with E-state index in [1.807, 2.05) is 0 Å². The van der Waals surface area contributed by atoms with Gasteiger partial charge in [0.25, 0.3) is 10.2 Å². The summed E-state index contributed by atoms with van der Waals surface area (Å²) >= 11 is 0. The van der Waals surface area contributed by atoms with Gasteiger partial charge in [0.1, 0.15) is 0 Å². The molecule has 1 aliphatic rings. The molecule has 8 heteroatoms. The molecule has 0 radical (unpaired) electrons. The fourth-order valence-corrected chi connectivity index (χ4v) is 2.95. The van der Waals surface area contributed by atoms with Crippen molar-refractivity contribution in [1.82, 2.24) is 9.03 Å². The first-order valence-electron chi connectivity index (χ1n) is 5.32. The highest BCUT2D eigenvalue weighted by Gasteiger charge is 2.35. The number of nitrogens with zero attached hydrogens (tertiary/aromatic N) is 1. The lowest BCUT2D eigenvalue weighted by atomic mass is 10.1. The van der Waals surface area contributed by atoms with Gasteiger partial charge >= 0.3 is 5.97 Å². The van der Waals surface area contributed by atoms with Crippen molar-refractivity contribution in [3.05, 3.63) is 0 Å². The predicted octanol–water partition coefficient (Wildman–Crippen LogP) is -1.00.